The van der Waals surface area contributed by atoms with Crippen molar-refractivity contribution in [2.75, 3.05) is 27.2 Å². The van der Waals surface area contributed by atoms with Crippen molar-refractivity contribution in [2.45, 2.75) is 19.0 Å². The Morgan fingerprint density at radius 1 is 1.19 bits per heavy atom. The van der Waals surface area contributed by atoms with Crippen molar-refractivity contribution in [1.82, 2.24) is 14.4 Å². The first-order valence-electron chi connectivity index (χ1n) is 10.2. The number of hydrogen-bond acceptors (Lipinski definition) is 4. The largest absolute Gasteiger partial charge is 0.366 e. The van der Waals surface area contributed by atoms with Crippen molar-refractivity contribution in [1.29, 1.82) is 5.26 Å². The van der Waals surface area contributed by atoms with Crippen molar-refractivity contribution in [3.63, 3.8) is 0 Å². The van der Waals surface area contributed by atoms with Crippen LogP contribution in [-0.4, -0.2) is 59.4 Å². The van der Waals surface area contributed by atoms with Gasteiger partial charge in [-0.2, -0.15) is 5.26 Å². The maximum Gasteiger partial charge on any atom is 0.270 e. The fraction of sp³-hybridized carbons (Fsp3) is 0.292. The molecule has 4 rings (SSSR count). The molecule has 1 saturated heterocycles. The number of likely N-dealkylation sites (N-methyl/N-ethyl adjacent to an activating group) is 2. The predicted octanol–water partition coefficient (Wildman–Crippen LogP) is 2.44. The Bertz CT molecular complexity index is 1190. The van der Waals surface area contributed by atoms with E-state index < -0.39 is 5.91 Å². The van der Waals surface area contributed by atoms with Crippen LogP contribution in [0.1, 0.15) is 38.4 Å². The molecule has 158 valence electrons. The number of primary amides is 1. The van der Waals surface area contributed by atoms with Crippen molar-refractivity contribution in [3.05, 3.63) is 70.9 Å². The number of carbonyl (C=O) groups is 2. The lowest BCUT2D eigenvalue weighted by Crippen LogP contribution is -2.39. The zero-order chi connectivity index (χ0) is 22.1. The fourth-order valence-electron chi connectivity index (χ4n) is 4.20. The van der Waals surface area contributed by atoms with Crippen LogP contribution < -0.4 is 5.73 Å². The van der Waals surface area contributed by atoms with Crippen LogP contribution in [0, 0.1) is 11.3 Å². The molecular weight excluding hydrogens is 390 g/mol. The van der Waals surface area contributed by atoms with E-state index in [1.807, 2.05) is 46.8 Å². The standard InChI is InChI=1S/C24H25N5O2/c1-27-10-9-20(15-27)28(2)24(31)22-12-19-8-5-17(13-25)11-21(19)29(22)14-16-3-6-18(7-4-16)23(26)30/h3-8,11-12,20H,9-10,14-15H2,1-2H3,(H2,26,30). The van der Waals surface area contributed by atoms with E-state index in [1.165, 1.54) is 0 Å². The van der Waals surface area contributed by atoms with Crippen molar-refractivity contribution in [2.24, 2.45) is 5.73 Å². The van der Waals surface area contributed by atoms with E-state index in [1.54, 1.807) is 18.2 Å². The zero-order valence-corrected chi connectivity index (χ0v) is 17.7. The number of nitriles is 1. The highest BCUT2D eigenvalue weighted by Crippen LogP contribution is 2.25. The van der Waals surface area contributed by atoms with Crippen molar-refractivity contribution in [3.8, 4) is 6.07 Å². The molecule has 0 aliphatic carbocycles. The van der Waals surface area contributed by atoms with Gasteiger partial charge in [-0.15, -0.1) is 0 Å². The molecule has 31 heavy (non-hydrogen) atoms. The molecule has 3 aromatic rings. The SMILES string of the molecule is CN1CCC(N(C)C(=O)c2cc3ccc(C#N)cc3n2Cc2ccc(C(N)=O)cc2)C1. The molecule has 0 spiro atoms. The second kappa shape index (κ2) is 8.25. The second-order valence-electron chi connectivity index (χ2n) is 8.18. The molecule has 1 aliphatic heterocycles. The molecule has 2 N–H and O–H groups in total. The Kier molecular flexibility index (Phi) is 5.49. The van der Waals surface area contributed by atoms with Crippen LogP contribution in [-0.2, 0) is 6.54 Å². The lowest BCUT2D eigenvalue weighted by molar-refractivity contribution is 0.0727. The van der Waals surface area contributed by atoms with E-state index in [9.17, 15) is 14.9 Å². The Morgan fingerprint density at radius 3 is 2.55 bits per heavy atom. The minimum Gasteiger partial charge on any atom is -0.366 e. The minimum absolute atomic E-state index is 0.0382. The monoisotopic (exact) mass is 415 g/mol. The summed E-state index contributed by atoms with van der Waals surface area (Å²) in [5.74, 6) is -0.514. The van der Waals surface area contributed by atoms with Crippen LogP contribution in [0.5, 0.6) is 0 Å². The van der Waals surface area contributed by atoms with Gasteiger partial charge in [0.25, 0.3) is 5.91 Å². The number of amides is 2. The average molecular weight is 415 g/mol. The first-order chi connectivity index (χ1) is 14.9. The van der Waals surface area contributed by atoms with Crippen LogP contribution in [0.15, 0.2) is 48.5 Å². The Morgan fingerprint density at radius 2 is 1.94 bits per heavy atom. The molecule has 1 aliphatic rings. The number of hydrogen-bond donors (Lipinski definition) is 1. The predicted molar refractivity (Wildman–Crippen MR) is 119 cm³/mol. The van der Waals surface area contributed by atoms with Gasteiger partial charge in [-0.3, -0.25) is 9.59 Å². The number of likely N-dealkylation sites (tertiary alicyclic amines) is 1. The third-order valence-electron chi connectivity index (χ3n) is 6.07. The van der Waals surface area contributed by atoms with Gasteiger partial charge in [0.2, 0.25) is 5.91 Å². The van der Waals surface area contributed by atoms with Gasteiger partial charge < -0.3 is 20.1 Å². The second-order valence-corrected chi connectivity index (χ2v) is 8.18. The zero-order valence-electron chi connectivity index (χ0n) is 17.7. The summed E-state index contributed by atoms with van der Waals surface area (Å²) >= 11 is 0. The van der Waals surface area contributed by atoms with Gasteiger partial charge in [-0.1, -0.05) is 18.2 Å². The molecule has 7 heteroatoms. The fourth-order valence-corrected chi connectivity index (χ4v) is 4.20. The van der Waals surface area contributed by atoms with E-state index in [2.05, 4.69) is 18.0 Å². The Labute approximate surface area is 181 Å². The highest BCUT2D eigenvalue weighted by molar-refractivity contribution is 5.99. The highest BCUT2D eigenvalue weighted by Gasteiger charge is 2.29. The molecule has 0 saturated carbocycles. The van der Waals surface area contributed by atoms with Gasteiger partial charge in [-0.25, -0.2) is 0 Å². The molecule has 0 radical (unpaired) electrons. The lowest BCUT2D eigenvalue weighted by atomic mass is 10.1. The number of rotatable bonds is 5. The van der Waals surface area contributed by atoms with Crippen LogP contribution in [0.2, 0.25) is 0 Å². The number of nitrogens with zero attached hydrogens (tertiary/aromatic N) is 4. The highest BCUT2D eigenvalue weighted by atomic mass is 16.2. The molecule has 1 unspecified atom stereocenters. The van der Waals surface area contributed by atoms with Gasteiger partial charge in [0.1, 0.15) is 5.69 Å². The van der Waals surface area contributed by atoms with Crippen LogP contribution >= 0.6 is 0 Å². The quantitative estimate of drug-likeness (QED) is 0.692. The Hall–Kier alpha value is -3.63. The number of nitrogens with two attached hydrogens (primary N) is 1. The lowest BCUT2D eigenvalue weighted by Gasteiger charge is -2.25. The normalized spacial score (nSPS) is 16.4. The van der Waals surface area contributed by atoms with Gasteiger partial charge in [0, 0.05) is 37.1 Å². The number of fused-ring (bicyclic) bond motifs is 1. The van der Waals surface area contributed by atoms with Crippen LogP contribution in [0.25, 0.3) is 10.9 Å². The summed E-state index contributed by atoms with van der Waals surface area (Å²) in [5, 5.41) is 10.3. The summed E-state index contributed by atoms with van der Waals surface area (Å²) in [5.41, 5.74) is 8.67. The number of carbonyl (C=O) groups excluding carboxylic acids is 2. The summed E-state index contributed by atoms with van der Waals surface area (Å²) in [4.78, 5) is 28.9. The third-order valence-corrected chi connectivity index (χ3v) is 6.07. The van der Waals surface area contributed by atoms with E-state index in [4.69, 9.17) is 5.73 Å². The van der Waals surface area contributed by atoms with Gasteiger partial charge >= 0.3 is 0 Å². The summed E-state index contributed by atoms with van der Waals surface area (Å²) in [7, 11) is 3.92. The van der Waals surface area contributed by atoms with Crippen LogP contribution in [0.3, 0.4) is 0 Å². The molecule has 2 amide bonds. The van der Waals surface area contributed by atoms with E-state index in [0.29, 0.717) is 23.4 Å². The minimum atomic E-state index is -0.476. The topological polar surface area (TPSA) is 95.4 Å². The number of aromatic nitrogens is 1. The molecule has 7 nitrogen and oxygen atoms in total. The maximum absolute atomic E-state index is 13.5. The van der Waals surface area contributed by atoms with Crippen molar-refractivity contribution >= 4 is 22.7 Å². The smallest absolute Gasteiger partial charge is 0.270 e. The van der Waals surface area contributed by atoms with E-state index in [0.717, 1.165) is 36.0 Å². The van der Waals surface area contributed by atoms with Crippen LogP contribution in [0.4, 0.5) is 0 Å². The molecule has 1 atom stereocenters. The van der Waals surface area contributed by atoms with Gasteiger partial charge in [0.15, 0.2) is 0 Å². The maximum atomic E-state index is 13.5. The molecule has 1 aromatic heterocycles. The first kappa shape index (κ1) is 20.6. The summed E-state index contributed by atoms with van der Waals surface area (Å²) in [6.07, 6.45) is 0.951. The summed E-state index contributed by atoms with van der Waals surface area (Å²) < 4.78 is 1.95. The summed E-state index contributed by atoms with van der Waals surface area (Å²) in [6, 6.07) is 16.7. The Balaban J connectivity index is 1.74. The molecule has 0 bridgehead atoms. The van der Waals surface area contributed by atoms with Gasteiger partial charge in [-0.05, 0) is 55.9 Å². The number of benzene rings is 2. The molecule has 2 aromatic carbocycles. The van der Waals surface area contributed by atoms with Crippen molar-refractivity contribution < 1.29 is 9.59 Å². The third kappa shape index (κ3) is 4.03. The average Bonchev–Trinajstić information content (AvgIpc) is 3.36. The van der Waals surface area contributed by atoms with E-state index >= 15 is 0 Å². The first-order valence-corrected chi connectivity index (χ1v) is 10.2. The summed E-state index contributed by atoms with van der Waals surface area (Å²) in [6.45, 7) is 2.27. The molecule has 1 fully saturated rings. The van der Waals surface area contributed by atoms with Gasteiger partial charge in [0.05, 0.1) is 17.1 Å². The molecular formula is C24H25N5O2. The molecule has 2 heterocycles. The van der Waals surface area contributed by atoms with E-state index in [-0.39, 0.29) is 11.9 Å².